The maximum atomic E-state index is 10.8. The molecule has 0 unspecified atom stereocenters. The van der Waals surface area contributed by atoms with Crippen LogP contribution in [0, 0.1) is 0 Å². The van der Waals surface area contributed by atoms with Gasteiger partial charge in [-0.25, -0.2) is 4.79 Å². The summed E-state index contributed by atoms with van der Waals surface area (Å²) in [6.07, 6.45) is 0.123. The van der Waals surface area contributed by atoms with Gasteiger partial charge in [-0.15, -0.1) is 11.3 Å². The Labute approximate surface area is 110 Å². The molecular weight excluding hydrogens is 248 g/mol. The van der Waals surface area contributed by atoms with Gasteiger partial charge in [-0.1, -0.05) is 12.1 Å². The summed E-state index contributed by atoms with van der Waals surface area (Å²) in [6, 6.07) is 11.1. The average Bonchev–Trinajstić information content (AvgIpc) is 2.77. The fourth-order valence-corrected chi connectivity index (χ4v) is 2.44. The highest BCUT2D eigenvalue weighted by Crippen LogP contribution is 2.30. The molecule has 2 rings (SSSR count). The van der Waals surface area contributed by atoms with Crippen molar-refractivity contribution in [2.75, 3.05) is 0 Å². The number of hydrogen-bond acceptors (Lipinski definition) is 3. The van der Waals surface area contributed by atoms with E-state index in [9.17, 15) is 4.79 Å². The topological polar surface area (TPSA) is 46.5 Å². The molecule has 0 fully saturated rings. The minimum atomic E-state index is -0.888. The Kier molecular flexibility index (Phi) is 3.67. The zero-order valence-corrected chi connectivity index (χ0v) is 11.0. The van der Waals surface area contributed by atoms with Crippen LogP contribution in [0.15, 0.2) is 36.4 Å². The van der Waals surface area contributed by atoms with E-state index in [1.807, 2.05) is 44.2 Å². The molecule has 0 saturated carbocycles. The molecule has 0 atom stereocenters. The van der Waals surface area contributed by atoms with E-state index in [0.29, 0.717) is 4.88 Å². The first-order valence-corrected chi connectivity index (χ1v) is 6.48. The third kappa shape index (κ3) is 2.90. The average molecular weight is 262 g/mol. The van der Waals surface area contributed by atoms with E-state index in [1.165, 1.54) is 11.3 Å². The molecule has 0 aliphatic heterocycles. The number of carboxylic acids is 1. The van der Waals surface area contributed by atoms with Crippen LogP contribution < -0.4 is 4.74 Å². The number of carbonyl (C=O) groups is 1. The monoisotopic (exact) mass is 262 g/mol. The number of carboxylic acid groups (broad SMARTS) is 1. The number of hydrogen-bond donors (Lipinski definition) is 1. The smallest absolute Gasteiger partial charge is 0.345 e. The van der Waals surface area contributed by atoms with Gasteiger partial charge in [-0.2, -0.15) is 0 Å². The van der Waals surface area contributed by atoms with E-state index in [-0.39, 0.29) is 6.10 Å². The number of thiophene rings is 1. The van der Waals surface area contributed by atoms with Gasteiger partial charge >= 0.3 is 5.97 Å². The normalized spacial score (nSPS) is 10.6. The Hall–Kier alpha value is -1.81. The molecular formula is C14H14O3S. The van der Waals surface area contributed by atoms with Gasteiger partial charge in [0.2, 0.25) is 0 Å². The molecule has 0 saturated heterocycles. The number of rotatable bonds is 4. The summed E-state index contributed by atoms with van der Waals surface area (Å²) < 4.78 is 5.62. The largest absolute Gasteiger partial charge is 0.491 e. The second kappa shape index (κ2) is 5.23. The number of benzene rings is 1. The van der Waals surface area contributed by atoms with Crippen molar-refractivity contribution in [2.45, 2.75) is 20.0 Å². The van der Waals surface area contributed by atoms with Gasteiger partial charge in [-0.3, -0.25) is 0 Å². The van der Waals surface area contributed by atoms with Gasteiger partial charge in [0, 0.05) is 4.88 Å². The first-order valence-electron chi connectivity index (χ1n) is 5.66. The molecule has 0 spiro atoms. The first kappa shape index (κ1) is 12.6. The third-order valence-corrected chi connectivity index (χ3v) is 3.43. The lowest BCUT2D eigenvalue weighted by Gasteiger charge is -2.10. The molecule has 1 aromatic heterocycles. The van der Waals surface area contributed by atoms with Crippen molar-refractivity contribution in [1.29, 1.82) is 0 Å². The van der Waals surface area contributed by atoms with Crippen LogP contribution in [-0.4, -0.2) is 17.2 Å². The third-order valence-electron chi connectivity index (χ3n) is 2.31. The van der Waals surface area contributed by atoms with E-state index in [4.69, 9.17) is 9.84 Å². The predicted octanol–water partition coefficient (Wildman–Crippen LogP) is 3.90. The van der Waals surface area contributed by atoms with Crippen LogP contribution >= 0.6 is 11.3 Å². The van der Waals surface area contributed by atoms with Gasteiger partial charge in [0.25, 0.3) is 0 Å². The fourth-order valence-electron chi connectivity index (χ4n) is 1.60. The summed E-state index contributed by atoms with van der Waals surface area (Å²) in [5.74, 6) is -0.0892. The van der Waals surface area contributed by atoms with Crippen LogP contribution in [-0.2, 0) is 0 Å². The predicted molar refractivity (Wildman–Crippen MR) is 72.5 cm³/mol. The lowest BCUT2D eigenvalue weighted by atomic mass is 10.2. The molecule has 94 valence electrons. The van der Waals surface area contributed by atoms with Crippen LogP contribution in [0.3, 0.4) is 0 Å². The molecule has 0 aliphatic rings. The lowest BCUT2D eigenvalue weighted by molar-refractivity contribution is 0.0702. The summed E-state index contributed by atoms with van der Waals surface area (Å²) in [7, 11) is 0. The van der Waals surface area contributed by atoms with E-state index >= 15 is 0 Å². The molecule has 1 aromatic carbocycles. The maximum absolute atomic E-state index is 10.8. The van der Waals surface area contributed by atoms with Crippen molar-refractivity contribution in [3.05, 3.63) is 41.3 Å². The minimum Gasteiger partial charge on any atom is -0.491 e. The van der Waals surface area contributed by atoms with Crippen molar-refractivity contribution in [3.63, 3.8) is 0 Å². The van der Waals surface area contributed by atoms with E-state index in [2.05, 4.69) is 0 Å². The van der Waals surface area contributed by atoms with Gasteiger partial charge in [0.1, 0.15) is 10.6 Å². The van der Waals surface area contributed by atoms with Gasteiger partial charge in [0.15, 0.2) is 0 Å². The molecule has 2 aromatic rings. The Morgan fingerprint density at radius 3 is 2.67 bits per heavy atom. The fraction of sp³-hybridized carbons (Fsp3) is 0.214. The second-order valence-corrected chi connectivity index (χ2v) is 5.25. The highest BCUT2D eigenvalue weighted by atomic mass is 32.1. The molecule has 0 radical (unpaired) electrons. The van der Waals surface area contributed by atoms with E-state index in [1.54, 1.807) is 6.07 Å². The zero-order valence-electron chi connectivity index (χ0n) is 10.2. The molecule has 0 amide bonds. The summed E-state index contributed by atoms with van der Waals surface area (Å²) in [4.78, 5) is 12.1. The maximum Gasteiger partial charge on any atom is 0.345 e. The summed E-state index contributed by atoms with van der Waals surface area (Å²) in [6.45, 7) is 3.95. The van der Waals surface area contributed by atoms with Crippen molar-refractivity contribution in [2.24, 2.45) is 0 Å². The lowest BCUT2D eigenvalue weighted by Crippen LogP contribution is -2.05. The van der Waals surface area contributed by atoms with E-state index in [0.717, 1.165) is 16.2 Å². The minimum absolute atomic E-state index is 0.123. The van der Waals surface area contributed by atoms with E-state index < -0.39 is 5.97 Å². The van der Waals surface area contributed by atoms with Gasteiger partial charge < -0.3 is 9.84 Å². The molecule has 4 heteroatoms. The Bertz CT molecular complexity index is 558. The summed E-state index contributed by atoms with van der Waals surface area (Å²) in [5, 5.41) is 8.90. The van der Waals surface area contributed by atoms with Crippen molar-refractivity contribution >= 4 is 17.3 Å². The van der Waals surface area contributed by atoms with Crippen LogP contribution in [0.2, 0.25) is 0 Å². The Morgan fingerprint density at radius 1 is 1.28 bits per heavy atom. The second-order valence-electron chi connectivity index (χ2n) is 4.16. The molecule has 18 heavy (non-hydrogen) atoms. The highest BCUT2D eigenvalue weighted by Gasteiger charge is 2.09. The van der Waals surface area contributed by atoms with Crippen molar-refractivity contribution in [1.82, 2.24) is 0 Å². The Morgan fingerprint density at radius 2 is 2.06 bits per heavy atom. The molecule has 1 N–H and O–H groups in total. The quantitative estimate of drug-likeness (QED) is 0.909. The molecule has 3 nitrogen and oxygen atoms in total. The zero-order chi connectivity index (χ0) is 13.1. The van der Waals surface area contributed by atoms with Crippen molar-refractivity contribution < 1.29 is 14.6 Å². The highest BCUT2D eigenvalue weighted by molar-refractivity contribution is 7.17. The molecule has 0 bridgehead atoms. The molecule has 1 heterocycles. The Balaban J connectivity index is 2.29. The van der Waals surface area contributed by atoms with Crippen LogP contribution in [0.5, 0.6) is 5.75 Å². The molecule has 0 aliphatic carbocycles. The van der Waals surface area contributed by atoms with Crippen LogP contribution in [0.1, 0.15) is 23.5 Å². The number of aromatic carboxylic acids is 1. The SMILES string of the molecule is CC(C)Oc1cccc(-c2ccc(C(=O)O)s2)c1. The standard InChI is InChI=1S/C14H14O3S/c1-9(2)17-11-5-3-4-10(8-11)12-6-7-13(18-12)14(15)16/h3-9H,1-2H3,(H,15,16). The first-order chi connectivity index (χ1) is 8.56. The van der Waals surface area contributed by atoms with Crippen LogP contribution in [0.25, 0.3) is 10.4 Å². The summed E-state index contributed by atoms with van der Waals surface area (Å²) >= 11 is 1.27. The number of ether oxygens (including phenoxy) is 1. The van der Waals surface area contributed by atoms with Crippen LogP contribution in [0.4, 0.5) is 0 Å². The van der Waals surface area contributed by atoms with Crippen molar-refractivity contribution in [3.8, 4) is 16.2 Å². The van der Waals surface area contributed by atoms with Gasteiger partial charge in [-0.05, 0) is 43.7 Å². The van der Waals surface area contributed by atoms with Gasteiger partial charge in [0.05, 0.1) is 6.10 Å². The summed E-state index contributed by atoms with van der Waals surface area (Å²) in [5.41, 5.74) is 0.977.